The summed E-state index contributed by atoms with van der Waals surface area (Å²) >= 11 is 7.04. The number of carbonyl (C=O) groups is 1. The number of hydrogen-bond donors (Lipinski definition) is 1. The summed E-state index contributed by atoms with van der Waals surface area (Å²) in [6, 6.07) is 4.09. The number of rotatable bonds is 3. The lowest BCUT2D eigenvalue weighted by Gasteiger charge is -2.11. The van der Waals surface area contributed by atoms with E-state index in [1.807, 2.05) is 0 Å². The van der Waals surface area contributed by atoms with Gasteiger partial charge in [0, 0.05) is 9.79 Å². The average molecular weight is 345 g/mol. The van der Waals surface area contributed by atoms with Crippen molar-refractivity contribution in [3.05, 3.63) is 23.8 Å². The molecule has 0 aliphatic rings. The van der Waals surface area contributed by atoms with Crippen LogP contribution in [0.2, 0.25) is 0 Å². The molecule has 17 heavy (non-hydrogen) atoms. The van der Waals surface area contributed by atoms with E-state index in [0.717, 1.165) is 0 Å². The Kier molecular flexibility index (Phi) is 4.97. The van der Waals surface area contributed by atoms with Gasteiger partial charge in [0.15, 0.2) is 0 Å². The molecule has 1 aromatic carbocycles. The molecule has 94 valence electrons. The van der Waals surface area contributed by atoms with E-state index in [1.165, 1.54) is 25.1 Å². The molecule has 1 unspecified atom stereocenters. The highest BCUT2D eigenvalue weighted by Crippen LogP contribution is 2.39. The summed E-state index contributed by atoms with van der Waals surface area (Å²) in [5.74, 6) is -0.128. The Morgan fingerprint density at radius 3 is 2.47 bits per heavy atom. The zero-order chi connectivity index (χ0) is 13.2. The van der Waals surface area contributed by atoms with Crippen LogP contribution in [0.1, 0.15) is 17.3 Å². The fraction of sp³-hybridized carbons (Fsp3) is 0.300. The van der Waals surface area contributed by atoms with E-state index in [2.05, 4.69) is 28.6 Å². The molecule has 1 rings (SSSR count). The summed E-state index contributed by atoms with van der Waals surface area (Å²) in [5.41, 5.74) is -3.76. The number of hydrogen-bond acceptors (Lipinski definition) is 3. The summed E-state index contributed by atoms with van der Waals surface area (Å²) in [6.07, 6.45) is 0. The molecule has 7 heteroatoms. The molecule has 0 fully saturated rings. The highest BCUT2D eigenvalue weighted by Gasteiger charge is 2.29. The quantitative estimate of drug-likeness (QED) is 0.489. The number of alkyl halides is 4. The summed E-state index contributed by atoms with van der Waals surface area (Å²) < 4.78 is 36.4. The molecule has 0 aliphatic heterocycles. The maximum atomic E-state index is 12.1. The summed E-state index contributed by atoms with van der Waals surface area (Å²) in [5, 5.41) is 0. The van der Waals surface area contributed by atoms with Gasteiger partial charge in [-0.3, -0.25) is 4.79 Å². The van der Waals surface area contributed by atoms with Gasteiger partial charge in [-0.1, -0.05) is 22.0 Å². The summed E-state index contributed by atoms with van der Waals surface area (Å²) in [6.45, 7) is 1.39. The minimum Gasteiger partial charge on any atom is -0.298 e. The Bertz CT molecular complexity index is 434. The van der Waals surface area contributed by atoms with Gasteiger partial charge >= 0.3 is 5.51 Å². The van der Waals surface area contributed by atoms with E-state index < -0.39 is 10.3 Å². The molecular weight excluding hydrogens is 337 g/mol. The van der Waals surface area contributed by atoms with Crippen LogP contribution in [0.4, 0.5) is 13.2 Å². The van der Waals surface area contributed by atoms with Crippen molar-refractivity contribution in [2.75, 3.05) is 0 Å². The predicted octanol–water partition coefficient (Wildman–Crippen LogP) is 4.61. The zero-order valence-corrected chi connectivity index (χ0v) is 11.9. The van der Waals surface area contributed by atoms with Gasteiger partial charge in [0.2, 0.25) is 0 Å². The lowest BCUT2D eigenvalue weighted by atomic mass is 10.1. The van der Waals surface area contributed by atoms with Crippen molar-refractivity contribution < 1.29 is 18.0 Å². The zero-order valence-electron chi connectivity index (χ0n) is 8.58. The number of thioether (sulfide) groups is 1. The number of benzene rings is 1. The monoisotopic (exact) mass is 344 g/mol. The van der Waals surface area contributed by atoms with Crippen molar-refractivity contribution in [1.29, 1.82) is 0 Å². The van der Waals surface area contributed by atoms with E-state index >= 15 is 0 Å². The Morgan fingerprint density at radius 1 is 1.47 bits per heavy atom. The topological polar surface area (TPSA) is 17.1 Å². The Hall–Kier alpha value is -0.140. The first-order valence-electron chi connectivity index (χ1n) is 4.44. The molecule has 0 radical (unpaired) electrons. The van der Waals surface area contributed by atoms with Crippen molar-refractivity contribution in [3.63, 3.8) is 0 Å². The van der Waals surface area contributed by atoms with Gasteiger partial charge in [-0.15, -0.1) is 12.6 Å². The number of Topliss-reactive ketones (excluding diaryl/α,β-unsaturated/α-hetero) is 1. The molecule has 1 nitrogen and oxygen atoms in total. The minimum atomic E-state index is -4.32. The Morgan fingerprint density at radius 2 is 2.06 bits per heavy atom. The van der Waals surface area contributed by atoms with E-state index in [0.29, 0.717) is 10.5 Å². The van der Waals surface area contributed by atoms with Crippen LogP contribution in [-0.2, 0) is 4.79 Å². The van der Waals surface area contributed by atoms with Crippen LogP contribution in [0.25, 0.3) is 0 Å². The standard InChI is InChI=1S/C10H8BrF3OS2/c1-5(15)9(11)7-3-2-6(4-8(7)16)17-10(12,13)14/h2-4,9,16H,1H3. The van der Waals surface area contributed by atoms with Gasteiger partial charge in [0.1, 0.15) is 5.78 Å². The third-order valence-corrected chi connectivity index (χ3v) is 4.11. The normalized spacial score (nSPS) is 13.5. The van der Waals surface area contributed by atoms with Crippen molar-refractivity contribution in [2.24, 2.45) is 0 Å². The predicted molar refractivity (Wildman–Crippen MR) is 68.0 cm³/mol. The van der Waals surface area contributed by atoms with E-state index in [-0.39, 0.29) is 22.4 Å². The van der Waals surface area contributed by atoms with E-state index in [1.54, 1.807) is 0 Å². The molecule has 0 amide bonds. The first-order chi connectivity index (χ1) is 7.70. The summed E-state index contributed by atoms with van der Waals surface area (Å²) in [7, 11) is 0. The van der Waals surface area contributed by atoms with Gasteiger partial charge in [-0.05, 0) is 36.4 Å². The second-order valence-electron chi connectivity index (χ2n) is 3.24. The number of thiol groups is 1. The molecule has 0 N–H and O–H groups in total. The second kappa shape index (κ2) is 5.67. The minimum absolute atomic E-state index is 0.0505. The number of halogens is 4. The SMILES string of the molecule is CC(=O)C(Br)c1ccc(SC(F)(F)F)cc1S. The van der Waals surface area contributed by atoms with Crippen LogP contribution in [0.15, 0.2) is 28.0 Å². The van der Waals surface area contributed by atoms with Crippen LogP contribution in [0.5, 0.6) is 0 Å². The average Bonchev–Trinajstić information content (AvgIpc) is 2.14. The fourth-order valence-electron chi connectivity index (χ4n) is 1.15. The Balaban J connectivity index is 2.98. The Labute approximate surface area is 115 Å². The third kappa shape index (κ3) is 4.56. The molecule has 0 bridgehead atoms. The fourth-order valence-corrected chi connectivity index (χ4v) is 2.74. The lowest BCUT2D eigenvalue weighted by molar-refractivity contribution is -0.116. The molecule has 1 atom stereocenters. The van der Waals surface area contributed by atoms with Gasteiger partial charge in [0.25, 0.3) is 0 Å². The van der Waals surface area contributed by atoms with Crippen molar-refractivity contribution >= 4 is 46.1 Å². The molecule has 0 heterocycles. The lowest BCUT2D eigenvalue weighted by Crippen LogP contribution is -2.03. The third-order valence-electron chi connectivity index (χ3n) is 1.87. The van der Waals surface area contributed by atoms with Crippen molar-refractivity contribution in [1.82, 2.24) is 0 Å². The molecule has 0 aromatic heterocycles. The first-order valence-corrected chi connectivity index (χ1v) is 6.62. The second-order valence-corrected chi connectivity index (χ2v) is 5.78. The van der Waals surface area contributed by atoms with Gasteiger partial charge in [-0.25, -0.2) is 0 Å². The van der Waals surface area contributed by atoms with Crippen LogP contribution in [-0.4, -0.2) is 11.3 Å². The molecule has 0 saturated heterocycles. The molecule has 1 aromatic rings. The number of carbonyl (C=O) groups excluding carboxylic acids is 1. The smallest absolute Gasteiger partial charge is 0.298 e. The summed E-state index contributed by atoms with van der Waals surface area (Å²) in [4.78, 5) is 11.0. The maximum Gasteiger partial charge on any atom is 0.446 e. The van der Waals surface area contributed by atoms with Crippen LogP contribution in [0.3, 0.4) is 0 Å². The number of ketones is 1. The van der Waals surface area contributed by atoms with Crippen LogP contribution < -0.4 is 0 Å². The van der Waals surface area contributed by atoms with E-state index in [9.17, 15) is 18.0 Å². The first kappa shape index (κ1) is 14.9. The van der Waals surface area contributed by atoms with Crippen LogP contribution in [0, 0.1) is 0 Å². The van der Waals surface area contributed by atoms with Gasteiger partial charge in [0.05, 0.1) is 4.83 Å². The molecule has 0 aliphatic carbocycles. The highest BCUT2D eigenvalue weighted by atomic mass is 79.9. The molecule has 0 spiro atoms. The van der Waals surface area contributed by atoms with Gasteiger partial charge in [-0.2, -0.15) is 13.2 Å². The van der Waals surface area contributed by atoms with Crippen molar-refractivity contribution in [2.45, 2.75) is 27.1 Å². The molecular formula is C10H8BrF3OS2. The van der Waals surface area contributed by atoms with Gasteiger partial charge < -0.3 is 0 Å². The molecule has 0 saturated carbocycles. The highest BCUT2D eigenvalue weighted by molar-refractivity contribution is 9.09. The van der Waals surface area contributed by atoms with E-state index in [4.69, 9.17) is 0 Å². The van der Waals surface area contributed by atoms with Crippen LogP contribution >= 0.6 is 40.3 Å². The van der Waals surface area contributed by atoms with Crippen molar-refractivity contribution in [3.8, 4) is 0 Å². The largest absolute Gasteiger partial charge is 0.446 e. The maximum absolute atomic E-state index is 12.1.